The third-order valence-corrected chi connectivity index (χ3v) is 7.09. The molecule has 1 unspecified atom stereocenters. The maximum Gasteiger partial charge on any atom is 0.416 e. The van der Waals surface area contributed by atoms with E-state index in [1.54, 1.807) is 30.5 Å². The number of benzene rings is 2. The third-order valence-electron chi connectivity index (χ3n) is 7.09. The average molecular weight is 553 g/mol. The molecule has 3 heterocycles. The zero-order chi connectivity index (χ0) is 28.4. The molecular weight excluding hydrogens is 521 g/mol. The lowest BCUT2D eigenvalue weighted by Gasteiger charge is -2.34. The minimum Gasteiger partial charge on any atom is -0.457 e. The highest BCUT2D eigenvalue weighted by molar-refractivity contribution is 5.92. The van der Waals surface area contributed by atoms with E-state index in [9.17, 15) is 18.0 Å². The van der Waals surface area contributed by atoms with Crippen molar-refractivity contribution in [2.24, 2.45) is 13.0 Å². The largest absolute Gasteiger partial charge is 0.457 e. The van der Waals surface area contributed by atoms with E-state index in [4.69, 9.17) is 4.74 Å². The minimum absolute atomic E-state index is 0.0435. The molecule has 40 heavy (non-hydrogen) atoms. The van der Waals surface area contributed by atoms with E-state index in [0.29, 0.717) is 40.5 Å². The van der Waals surface area contributed by atoms with Gasteiger partial charge in [-0.3, -0.25) is 4.79 Å². The van der Waals surface area contributed by atoms with Crippen molar-refractivity contribution in [2.75, 3.05) is 23.7 Å². The van der Waals surface area contributed by atoms with Gasteiger partial charge in [0.25, 0.3) is 0 Å². The molecule has 2 aromatic heterocycles. The molecule has 1 fully saturated rings. The van der Waals surface area contributed by atoms with Crippen LogP contribution in [0.5, 0.6) is 11.5 Å². The number of nitrogens with one attached hydrogen (secondary N) is 2. The topological polar surface area (TPSA) is 84.3 Å². The van der Waals surface area contributed by atoms with Crippen LogP contribution >= 0.6 is 0 Å². The fourth-order valence-corrected chi connectivity index (χ4v) is 4.82. The summed E-state index contributed by atoms with van der Waals surface area (Å²) in [5.41, 5.74) is 1.23. The molecule has 8 nitrogen and oxygen atoms in total. The van der Waals surface area contributed by atoms with Crippen LogP contribution in [-0.4, -0.2) is 44.5 Å². The number of piperidine rings is 1. The van der Waals surface area contributed by atoms with Gasteiger partial charge in [0, 0.05) is 43.7 Å². The summed E-state index contributed by atoms with van der Waals surface area (Å²) in [7, 11) is 1.81. The number of alkyl halides is 3. The van der Waals surface area contributed by atoms with E-state index >= 15 is 0 Å². The molecular formula is C29H31F3N6O2. The van der Waals surface area contributed by atoms with Gasteiger partial charge in [-0.15, -0.1) is 0 Å². The number of halogens is 3. The number of aryl methyl sites for hydroxylation is 1. The molecule has 0 radical (unpaired) electrons. The highest BCUT2D eigenvalue weighted by atomic mass is 19.4. The van der Waals surface area contributed by atoms with Crippen molar-refractivity contribution in [3.63, 3.8) is 0 Å². The summed E-state index contributed by atoms with van der Waals surface area (Å²) in [6.45, 7) is 6.03. The lowest BCUT2D eigenvalue weighted by atomic mass is 9.96. The van der Waals surface area contributed by atoms with E-state index in [-0.39, 0.29) is 11.8 Å². The quantitative estimate of drug-likeness (QED) is 0.269. The first-order valence-corrected chi connectivity index (χ1v) is 13.2. The second kappa shape index (κ2) is 11.2. The zero-order valence-electron chi connectivity index (χ0n) is 22.5. The van der Waals surface area contributed by atoms with Crippen molar-refractivity contribution in [1.29, 1.82) is 0 Å². The van der Waals surface area contributed by atoms with Crippen molar-refractivity contribution >= 4 is 34.4 Å². The predicted octanol–water partition coefficient (Wildman–Crippen LogP) is 6.58. The molecule has 5 rings (SSSR count). The van der Waals surface area contributed by atoms with E-state index in [1.807, 2.05) is 17.7 Å². The van der Waals surface area contributed by atoms with Gasteiger partial charge in [-0.25, -0.2) is 9.97 Å². The van der Waals surface area contributed by atoms with Crippen LogP contribution < -0.4 is 15.4 Å². The van der Waals surface area contributed by atoms with E-state index < -0.39 is 11.7 Å². The van der Waals surface area contributed by atoms with Gasteiger partial charge < -0.3 is 24.8 Å². The van der Waals surface area contributed by atoms with Gasteiger partial charge in [-0.1, -0.05) is 0 Å². The number of amides is 1. The predicted molar refractivity (Wildman–Crippen MR) is 148 cm³/mol. The molecule has 1 aliphatic rings. The lowest BCUT2D eigenvalue weighted by molar-refractivity contribution is -0.137. The van der Waals surface area contributed by atoms with Gasteiger partial charge >= 0.3 is 6.18 Å². The fraction of sp³-hybridized carbons (Fsp3) is 0.345. The molecule has 1 saturated heterocycles. The van der Waals surface area contributed by atoms with Crippen LogP contribution in [-0.2, 0) is 18.0 Å². The van der Waals surface area contributed by atoms with Crippen LogP contribution in [0.3, 0.4) is 0 Å². The highest BCUT2D eigenvalue weighted by Crippen LogP contribution is 2.32. The first-order chi connectivity index (χ1) is 19.1. The average Bonchev–Trinajstić information content (AvgIpc) is 3.22. The Morgan fingerprint density at radius 2 is 1.82 bits per heavy atom. The summed E-state index contributed by atoms with van der Waals surface area (Å²) in [5.74, 6) is 1.81. The summed E-state index contributed by atoms with van der Waals surface area (Å²) < 4.78 is 46.4. The Hall–Kier alpha value is -4.12. The molecule has 1 atom stereocenters. The van der Waals surface area contributed by atoms with Crippen molar-refractivity contribution < 1.29 is 22.7 Å². The number of anilines is 3. The molecule has 2 N–H and O–H groups in total. The maximum atomic E-state index is 12.9. The van der Waals surface area contributed by atoms with Crippen molar-refractivity contribution in [2.45, 2.75) is 38.9 Å². The molecule has 1 amide bonds. The summed E-state index contributed by atoms with van der Waals surface area (Å²) >= 11 is 0. The van der Waals surface area contributed by atoms with Gasteiger partial charge in [0.1, 0.15) is 17.3 Å². The Kier molecular flexibility index (Phi) is 7.66. The Labute approximate surface area is 230 Å². The summed E-state index contributed by atoms with van der Waals surface area (Å²) in [6.07, 6.45) is -0.966. The van der Waals surface area contributed by atoms with E-state index in [1.165, 1.54) is 12.1 Å². The number of nitrogens with zero attached hydrogens (tertiary/aromatic N) is 4. The van der Waals surface area contributed by atoms with Crippen LogP contribution in [0.1, 0.15) is 32.3 Å². The number of likely N-dealkylation sites (tertiary alicyclic amines) is 1. The monoisotopic (exact) mass is 552 g/mol. The highest BCUT2D eigenvalue weighted by Gasteiger charge is 2.30. The number of rotatable bonds is 7. The van der Waals surface area contributed by atoms with Crippen LogP contribution in [0.25, 0.3) is 11.0 Å². The standard InChI is InChI=1S/C29H31F3N6O2/c1-18(2)38-14-4-5-19(17-38)27(39)36-26-16-23(12-13-33-26)40-22-10-11-25-24(15-22)35-28(37(25)3)34-21-8-6-20(7-9-21)29(30,31)32/h6-13,15-16,18-19H,4-5,14,17H2,1-3H3,(H,34,35)(H,33,36,39). The van der Waals surface area contributed by atoms with E-state index in [0.717, 1.165) is 43.6 Å². The summed E-state index contributed by atoms with van der Waals surface area (Å²) in [5, 5.41) is 5.99. The molecule has 0 spiro atoms. The number of pyridine rings is 1. The zero-order valence-corrected chi connectivity index (χ0v) is 22.5. The minimum atomic E-state index is -4.39. The van der Waals surface area contributed by atoms with Crippen LogP contribution in [0.15, 0.2) is 60.8 Å². The Morgan fingerprint density at radius 1 is 1.07 bits per heavy atom. The van der Waals surface area contributed by atoms with Crippen LogP contribution in [0, 0.1) is 5.92 Å². The lowest BCUT2D eigenvalue weighted by Crippen LogP contribution is -2.43. The summed E-state index contributed by atoms with van der Waals surface area (Å²) in [4.78, 5) is 24.1. The van der Waals surface area contributed by atoms with E-state index in [2.05, 4.69) is 39.3 Å². The second-order valence-electron chi connectivity index (χ2n) is 10.2. The third kappa shape index (κ3) is 6.20. The fourth-order valence-electron chi connectivity index (χ4n) is 4.82. The first kappa shape index (κ1) is 27.4. The smallest absolute Gasteiger partial charge is 0.416 e. The number of imidazole rings is 1. The SMILES string of the molecule is CC(C)N1CCCC(C(=O)Nc2cc(Oc3ccc4c(c3)nc(Nc3ccc(C(F)(F)F)cc3)n4C)ccn2)C1. The summed E-state index contributed by atoms with van der Waals surface area (Å²) in [6, 6.07) is 14.0. The molecule has 2 aromatic carbocycles. The molecule has 11 heteroatoms. The van der Waals surface area contributed by atoms with Gasteiger partial charge in [0.05, 0.1) is 22.5 Å². The first-order valence-electron chi connectivity index (χ1n) is 13.2. The normalized spacial score (nSPS) is 16.3. The van der Waals surface area contributed by atoms with Gasteiger partial charge in [0.2, 0.25) is 11.9 Å². The Balaban J connectivity index is 1.26. The van der Waals surface area contributed by atoms with Gasteiger partial charge in [-0.2, -0.15) is 13.2 Å². The second-order valence-corrected chi connectivity index (χ2v) is 10.2. The van der Waals surface area contributed by atoms with Crippen molar-refractivity contribution in [1.82, 2.24) is 19.4 Å². The van der Waals surface area contributed by atoms with Crippen molar-refractivity contribution in [3.8, 4) is 11.5 Å². The van der Waals surface area contributed by atoms with Gasteiger partial charge in [0.15, 0.2) is 0 Å². The molecule has 0 aliphatic carbocycles. The van der Waals surface area contributed by atoms with Crippen LogP contribution in [0.2, 0.25) is 0 Å². The number of hydrogen-bond donors (Lipinski definition) is 2. The molecule has 0 saturated carbocycles. The molecule has 1 aliphatic heterocycles. The molecule has 0 bridgehead atoms. The Morgan fingerprint density at radius 3 is 2.55 bits per heavy atom. The van der Waals surface area contributed by atoms with Gasteiger partial charge in [-0.05, 0) is 75.7 Å². The number of aromatic nitrogens is 3. The number of carbonyl (C=O) groups is 1. The number of carbonyl (C=O) groups excluding carboxylic acids is 1. The molecule has 210 valence electrons. The molecule has 4 aromatic rings. The number of hydrogen-bond acceptors (Lipinski definition) is 6. The van der Waals surface area contributed by atoms with Crippen LogP contribution in [0.4, 0.5) is 30.6 Å². The number of fused-ring (bicyclic) bond motifs is 1. The Bertz CT molecular complexity index is 1500. The maximum absolute atomic E-state index is 12.9. The van der Waals surface area contributed by atoms with Crippen molar-refractivity contribution in [3.05, 3.63) is 66.4 Å². The number of ether oxygens (including phenoxy) is 1.